The van der Waals surface area contributed by atoms with Crippen LogP contribution >= 0.6 is 0 Å². The summed E-state index contributed by atoms with van der Waals surface area (Å²) in [6.45, 7) is 4.51. The Kier molecular flexibility index (Phi) is 5.66. The number of nitrogens with zero attached hydrogens (tertiary/aromatic N) is 2. The van der Waals surface area contributed by atoms with Crippen LogP contribution in [0.3, 0.4) is 0 Å². The largest absolute Gasteiger partial charge is 0.486 e. The van der Waals surface area contributed by atoms with E-state index in [-0.39, 0.29) is 0 Å². The van der Waals surface area contributed by atoms with Crippen molar-refractivity contribution in [1.82, 2.24) is 14.9 Å². The summed E-state index contributed by atoms with van der Waals surface area (Å²) in [5.74, 6) is 1.74. The van der Waals surface area contributed by atoms with E-state index >= 15 is 0 Å². The number of rotatable bonds is 7. The van der Waals surface area contributed by atoms with Crippen molar-refractivity contribution in [3.8, 4) is 5.75 Å². The number of H-pyrrole nitrogens is 1. The third-order valence-corrected chi connectivity index (χ3v) is 4.22. The molecule has 1 aromatic carbocycles. The van der Waals surface area contributed by atoms with Gasteiger partial charge in [0.25, 0.3) is 0 Å². The molecule has 0 radical (unpaired) electrons. The SMILES string of the molecule is NCCc1cnc(COc2cccc(CN3CCCCC3)c2)[nH]1. The summed E-state index contributed by atoms with van der Waals surface area (Å²) in [4.78, 5) is 10.1. The van der Waals surface area contributed by atoms with Gasteiger partial charge in [0.05, 0.1) is 0 Å². The summed E-state index contributed by atoms with van der Waals surface area (Å²) < 4.78 is 5.87. The first-order valence-corrected chi connectivity index (χ1v) is 8.50. The van der Waals surface area contributed by atoms with E-state index in [4.69, 9.17) is 10.5 Å². The second-order valence-corrected chi connectivity index (χ2v) is 6.17. The van der Waals surface area contributed by atoms with Crippen LogP contribution in [-0.2, 0) is 19.6 Å². The van der Waals surface area contributed by atoms with Crippen LogP contribution in [0, 0.1) is 0 Å². The quantitative estimate of drug-likeness (QED) is 0.824. The molecule has 3 N–H and O–H groups in total. The van der Waals surface area contributed by atoms with E-state index in [1.165, 1.54) is 37.9 Å². The number of nitrogens with one attached hydrogen (secondary N) is 1. The van der Waals surface area contributed by atoms with Crippen molar-refractivity contribution in [3.05, 3.63) is 47.5 Å². The first kappa shape index (κ1) is 16.0. The van der Waals surface area contributed by atoms with Gasteiger partial charge in [-0.1, -0.05) is 18.6 Å². The molecule has 0 spiro atoms. The molecule has 0 saturated carbocycles. The summed E-state index contributed by atoms with van der Waals surface area (Å²) in [7, 11) is 0. The lowest BCUT2D eigenvalue weighted by atomic mass is 10.1. The minimum absolute atomic E-state index is 0.456. The van der Waals surface area contributed by atoms with Crippen LogP contribution in [-0.4, -0.2) is 34.5 Å². The summed E-state index contributed by atoms with van der Waals surface area (Å²) in [5.41, 5.74) is 7.92. The highest BCUT2D eigenvalue weighted by molar-refractivity contribution is 5.28. The van der Waals surface area contributed by atoms with E-state index in [2.05, 4.69) is 33.1 Å². The van der Waals surface area contributed by atoms with Crippen LogP contribution in [0.5, 0.6) is 5.75 Å². The van der Waals surface area contributed by atoms with E-state index in [0.29, 0.717) is 13.2 Å². The minimum Gasteiger partial charge on any atom is -0.486 e. The maximum atomic E-state index is 5.87. The smallest absolute Gasteiger partial charge is 0.146 e. The molecule has 0 aliphatic carbocycles. The van der Waals surface area contributed by atoms with Gasteiger partial charge in [-0.05, 0) is 50.2 Å². The summed E-state index contributed by atoms with van der Waals surface area (Å²) in [5, 5.41) is 0. The molecule has 124 valence electrons. The number of imidazole rings is 1. The number of aromatic amines is 1. The van der Waals surface area contributed by atoms with Gasteiger partial charge in [-0.2, -0.15) is 0 Å². The van der Waals surface area contributed by atoms with Gasteiger partial charge in [0.2, 0.25) is 0 Å². The summed E-state index contributed by atoms with van der Waals surface area (Å²) in [6, 6.07) is 8.38. The number of hydrogen-bond acceptors (Lipinski definition) is 4. The van der Waals surface area contributed by atoms with Crippen molar-refractivity contribution in [3.63, 3.8) is 0 Å². The fraction of sp³-hybridized carbons (Fsp3) is 0.500. The van der Waals surface area contributed by atoms with Crippen LogP contribution < -0.4 is 10.5 Å². The van der Waals surface area contributed by atoms with Gasteiger partial charge in [-0.15, -0.1) is 0 Å². The normalized spacial score (nSPS) is 15.7. The average Bonchev–Trinajstić information content (AvgIpc) is 3.02. The fourth-order valence-electron chi connectivity index (χ4n) is 3.02. The number of hydrogen-bond donors (Lipinski definition) is 2. The highest BCUT2D eigenvalue weighted by atomic mass is 16.5. The van der Waals surface area contributed by atoms with E-state index in [1.54, 1.807) is 0 Å². The third kappa shape index (κ3) is 4.81. The molecule has 1 saturated heterocycles. The van der Waals surface area contributed by atoms with Gasteiger partial charge in [0.1, 0.15) is 18.2 Å². The lowest BCUT2D eigenvalue weighted by molar-refractivity contribution is 0.220. The zero-order chi connectivity index (χ0) is 15.9. The molecular weight excluding hydrogens is 288 g/mol. The third-order valence-electron chi connectivity index (χ3n) is 4.22. The van der Waals surface area contributed by atoms with Crippen molar-refractivity contribution in [2.75, 3.05) is 19.6 Å². The van der Waals surface area contributed by atoms with Crippen LogP contribution in [0.15, 0.2) is 30.5 Å². The topological polar surface area (TPSA) is 67.2 Å². The maximum Gasteiger partial charge on any atom is 0.146 e. The summed E-state index contributed by atoms with van der Waals surface area (Å²) >= 11 is 0. The molecule has 1 aromatic heterocycles. The molecule has 1 aliphatic rings. The molecule has 1 fully saturated rings. The van der Waals surface area contributed by atoms with Crippen molar-refractivity contribution in [1.29, 1.82) is 0 Å². The van der Waals surface area contributed by atoms with Gasteiger partial charge in [-0.25, -0.2) is 4.98 Å². The number of piperidine rings is 1. The Balaban J connectivity index is 1.54. The number of aromatic nitrogens is 2. The molecule has 5 nitrogen and oxygen atoms in total. The number of likely N-dealkylation sites (tertiary alicyclic amines) is 1. The van der Waals surface area contributed by atoms with Gasteiger partial charge >= 0.3 is 0 Å². The maximum absolute atomic E-state index is 5.87. The van der Waals surface area contributed by atoms with Gasteiger partial charge in [0, 0.05) is 24.9 Å². The van der Waals surface area contributed by atoms with Crippen molar-refractivity contribution in [2.45, 2.75) is 38.8 Å². The van der Waals surface area contributed by atoms with Crippen LogP contribution in [0.1, 0.15) is 36.3 Å². The molecule has 5 heteroatoms. The van der Waals surface area contributed by atoms with Crippen molar-refractivity contribution < 1.29 is 4.74 Å². The van der Waals surface area contributed by atoms with Crippen LogP contribution in [0.4, 0.5) is 0 Å². The molecular formula is C18H26N4O. The van der Waals surface area contributed by atoms with Gasteiger partial charge < -0.3 is 15.5 Å². The number of nitrogens with two attached hydrogens (primary N) is 1. The number of ether oxygens (including phenoxy) is 1. The number of benzene rings is 1. The summed E-state index contributed by atoms with van der Waals surface area (Å²) in [6.07, 6.45) is 6.66. The Hall–Kier alpha value is -1.85. The highest BCUT2D eigenvalue weighted by Crippen LogP contribution is 2.18. The van der Waals surface area contributed by atoms with Crippen molar-refractivity contribution >= 4 is 0 Å². The molecule has 2 aromatic rings. The lowest BCUT2D eigenvalue weighted by Gasteiger charge is -2.26. The van der Waals surface area contributed by atoms with E-state index in [1.807, 2.05) is 12.3 Å². The first-order chi connectivity index (χ1) is 11.3. The highest BCUT2D eigenvalue weighted by Gasteiger charge is 2.10. The molecule has 0 unspecified atom stereocenters. The zero-order valence-corrected chi connectivity index (χ0v) is 13.6. The fourth-order valence-corrected chi connectivity index (χ4v) is 3.02. The second-order valence-electron chi connectivity index (χ2n) is 6.17. The monoisotopic (exact) mass is 314 g/mol. The Morgan fingerprint density at radius 2 is 2.09 bits per heavy atom. The molecule has 0 amide bonds. The van der Waals surface area contributed by atoms with E-state index < -0.39 is 0 Å². The van der Waals surface area contributed by atoms with Crippen LogP contribution in [0.2, 0.25) is 0 Å². The lowest BCUT2D eigenvalue weighted by Crippen LogP contribution is -2.29. The minimum atomic E-state index is 0.456. The van der Waals surface area contributed by atoms with Gasteiger partial charge in [-0.3, -0.25) is 4.90 Å². The second kappa shape index (κ2) is 8.13. The Morgan fingerprint density at radius 1 is 1.22 bits per heavy atom. The van der Waals surface area contributed by atoms with Gasteiger partial charge in [0.15, 0.2) is 0 Å². The average molecular weight is 314 g/mol. The molecule has 2 heterocycles. The first-order valence-electron chi connectivity index (χ1n) is 8.50. The molecule has 0 bridgehead atoms. The zero-order valence-electron chi connectivity index (χ0n) is 13.6. The van der Waals surface area contributed by atoms with E-state index in [0.717, 1.165) is 30.2 Å². The van der Waals surface area contributed by atoms with Crippen molar-refractivity contribution in [2.24, 2.45) is 5.73 Å². The predicted molar refractivity (Wildman–Crippen MR) is 91.2 cm³/mol. The molecule has 3 rings (SSSR count). The van der Waals surface area contributed by atoms with E-state index in [9.17, 15) is 0 Å². The molecule has 1 aliphatic heterocycles. The molecule has 23 heavy (non-hydrogen) atoms. The Labute approximate surface area is 137 Å². The standard InChI is InChI=1S/C18H26N4O/c19-8-7-16-12-20-18(21-16)14-23-17-6-4-5-15(11-17)13-22-9-2-1-3-10-22/h4-6,11-12H,1-3,7-10,13-14,19H2,(H,20,21). The Bertz CT molecular complexity index is 605. The Morgan fingerprint density at radius 3 is 2.91 bits per heavy atom. The molecule has 0 atom stereocenters. The van der Waals surface area contributed by atoms with Crippen LogP contribution in [0.25, 0.3) is 0 Å². The predicted octanol–water partition coefficient (Wildman–Crippen LogP) is 2.48.